The molecule has 5 nitrogen and oxygen atoms in total. The predicted molar refractivity (Wildman–Crippen MR) is 104 cm³/mol. The third-order valence-electron chi connectivity index (χ3n) is 3.36. The number of carbonyl (C=O) groups excluding carboxylic acids is 1. The van der Waals surface area contributed by atoms with Gasteiger partial charge < -0.3 is 19.5 Å². The average Bonchev–Trinajstić information content (AvgIpc) is 2.62. The van der Waals surface area contributed by atoms with Crippen LogP contribution in [-0.2, 0) is 9.53 Å². The lowest BCUT2D eigenvalue weighted by Crippen LogP contribution is -2.11. The number of para-hydroxylation sites is 1. The number of methoxy groups -OCH3 is 2. The monoisotopic (exact) mass is 395 g/mol. The van der Waals surface area contributed by atoms with Crippen molar-refractivity contribution in [2.75, 3.05) is 32.8 Å². The Morgan fingerprint density at radius 1 is 1.15 bits per heavy atom. The fourth-order valence-corrected chi connectivity index (χ4v) is 2.57. The van der Waals surface area contributed by atoms with Crippen molar-refractivity contribution in [3.8, 4) is 11.5 Å². The topological polar surface area (TPSA) is 56.8 Å². The van der Waals surface area contributed by atoms with Crippen LogP contribution in [0.15, 0.2) is 42.5 Å². The van der Waals surface area contributed by atoms with Crippen molar-refractivity contribution >= 4 is 40.9 Å². The number of anilines is 1. The smallest absolute Gasteiger partial charge is 0.248 e. The van der Waals surface area contributed by atoms with Gasteiger partial charge in [0.05, 0.1) is 24.4 Å². The number of amides is 1. The Hall–Kier alpha value is -2.21. The molecule has 138 valence electrons. The van der Waals surface area contributed by atoms with Crippen molar-refractivity contribution in [3.63, 3.8) is 0 Å². The second-order valence-electron chi connectivity index (χ2n) is 5.17. The molecule has 2 aromatic carbocycles. The number of benzene rings is 2. The van der Waals surface area contributed by atoms with E-state index in [4.69, 9.17) is 37.4 Å². The molecule has 1 N–H and O–H groups in total. The standard InChI is InChI=1S/C19H19Cl2NO4/c1-24-10-11-26-19-15(21)4-3-5-16(19)22-18(23)9-6-13-12-14(20)7-8-17(13)25-2/h3-9,12H,10-11H2,1-2H3,(H,22,23)/b9-6+. The number of carbonyl (C=O) groups is 1. The molecule has 0 heterocycles. The summed E-state index contributed by atoms with van der Waals surface area (Å²) in [6.07, 6.45) is 3.00. The van der Waals surface area contributed by atoms with Crippen LogP contribution in [0.25, 0.3) is 6.08 Å². The molecule has 0 spiro atoms. The first-order valence-corrected chi connectivity index (χ1v) is 8.53. The maximum absolute atomic E-state index is 12.3. The van der Waals surface area contributed by atoms with Gasteiger partial charge in [-0.25, -0.2) is 0 Å². The molecule has 7 heteroatoms. The molecular formula is C19H19Cl2NO4. The molecule has 0 saturated heterocycles. The maximum Gasteiger partial charge on any atom is 0.248 e. The molecular weight excluding hydrogens is 377 g/mol. The summed E-state index contributed by atoms with van der Waals surface area (Å²) < 4.78 is 15.8. The molecule has 0 atom stereocenters. The molecule has 0 aliphatic heterocycles. The predicted octanol–water partition coefficient (Wildman–Crippen LogP) is 4.68. The first kappa shape index (κ1) is 20.1. The van der Waals surface area contributed by atoms with Gasteiger partial charge in [0.15, 0.2) is 5.75 Å². The van der Waals surface area contributed by atoms with Crippen molar-refractivity contribution in [1.82, 2.24) is 0 Å². The van der Waals surface area contributed by atoms with Crippen LogP contribution in [0.5, 0.6) is 11.5 Å². The van der Waals surface area contributed by atoms with E-state index in [1.54, 1.807) is 56.7 Å². The van der Waals surface area contributed by atoms with E-state index in [-0.39, 0.29) is 5.91 Å². The minimum atomic E-state index is -0.342. The summed E-state index contributed by atoms with van der Waals surface area (Å²) in [7, 11) is 3.13. The van der Waals surface area contributed by atoms with Crippen LogP contribution in [0.2, 0.25) is 10.0 Å². The Morgan fingerprint density at radius 3 is 2.69 bits per heavy atom. The Labute approximate surface area is 162 Å². The lowest BCUT2D eigenvalue weighted by atomic mass is 10.2. The van der Waals surface area contributed by atoms with Crippen LogP contribution in [0.3, 0.4) is 0 Å². The summed E-state index contributed by atoms with van der Waals surface area (Å²) in [5.74, 6) is 0.670. The van der Waals surface area contributed by atoms with Crippen LogP contribution < -0.4 is 14.8 Å². The summed E-state index contributed by atoms with van der Waals surface area (Å²) in [6.45, 7) is 0.728. The number of rotatable bonds is 8. The van der Waals surface area contributed by atoms with Crippen LogP contribution in [0.4, 0.5) is 5.69 Å². The van der Waals surface area contributed by atoms with E-state index < -0.39 is 0 Å². The third kappa shape index (κ3) is 5.66. The van der Waals surface area contributed by atoms with Crippen LogP contribution in [0.1, 0.15) is 5.56 Å². The van der Waals surface area contributed by atoms with Crippen molar-refractivity contribution in [2.45, 2.75) is 0 Å². The van der Waals surface area contributed by atoms with Gasteiger partial charge in [-0.15, -0.1) is 0 Å². The number of hydrogen-bond acceptors (Lipinski definition) is 4. The molecule has 2 rings (SSSR count). The molecule has 0 radical (unpaired) electrons. The zero-order valence-corrected chi connectivity index (χ0v) is 15.9. The van der Waals surface area contributed by atoms with E-state index in [1.807, 2.05) is 0 Å². The van der Waals surface area contributed by atoms with E-state index in [0.29, 0.717) is 46.0 Å². The van der Waals surface area contributed by atoms with Crippen molar-refractivity contribution in [1.29, 1.82) is 0 Å². The largest absolute Gasteiger partial charge is 0.496 e. The number of halogens is 2. The third-order valence-corrected chi connectivity index (χ3v) is 3.90. The zero-order chi connectivity index (χ0) is 18.9. The SMILES string of the molecule is COCCOc1c(Cl)cccc1NC(=O)/C=C/c1cc(Cl)ccc1OC. The van der Waals surface area contributed by atoms with Gasteiger partial charge in [-0.05, 0) is 36.4 Å². The van der Waals surface area contributed by atoms with E-state index in [1.165, 1.54) is 6.08 Å². The van der Waals surface area contributed by atoms with Crippen molar-refractivity contribution in [2.24, 2.45) is 0 Å². The van der Waals surface area contributed by atoms with Gasteiger partial charge in [0, 0.05) is 23.8 Å². The van der Waals surface area contributed by atoms with E-state index in [2.05, 4.69) is 5.32 Å². The van der Waals surface area contributed by atoms with Gasteiger partial charge in [0.25, 0.3) is 0 Å². The number of hydrogen-bond donors (Lipinski definition) is 1. The van der Waals surface area contributed by atoms with Gasteiger partial charge >= 0.3 is 0 Å². The van der Waals surface area contributed by atoms with Gasteiger partial charge in [-0.2, -0.15) is 0 Å². The van der Waals surface area contributed by atoms with Gasteiger partial charge in [0.2, 0.25) is 5.91 Å². The summed E-state index contributed by atoms with van der Waals surface area (Å²) in [5, 5.41) is 3.70. The highest BCUT2D eigenvalue weighted by Gasteiger charge is 2.10. The van der Waals surface area contributed by atoms with Crippen molar-refractivity contribution in [3.05, 3.63) is 58.1 Å². The summed E-state index contributed by atoms with van der Waals surface area (Å²) in [4.78, 5) is 12.3. The minimum Gasteiger partial charge on any atom is -0.496 e. The summed E-state index contributed by atoms with van der Waals surface area (Å²) in [5.41, 5.74) is 1.17. The minimum absolute atomic E-state index is 0.318. The highest BCUT2D eigenvalue weighted by atomic mass is 35.5. The summed E-state index contributed by atoms with van der Waals surface area (Å²) in [6, 6.07) is 10.3. The average molecular weight is 396 g/mol. The van der Waals surface area contributed by atoms with Crippen LogP contribution >= 0.6 is 23.2 Å². The lowest BCUT2D eigenvalue weighted by molar-refractivity contribution is -0.111. The second kappa shape index (κ2) is 10.1. The van der Waals surface area contributed by atoms with Gasteiger partial charge in [-0.1, -0.05) is 29.3 Å². The lowest BCUT2D eigenvalue weighted by Gasteiger charge is -2.13. The molecule has 0 aliphatic rings. The molecule has 0 bridgehead atoms. The molecule has 0 aromatic heterocycles. The van der Waals surface area contributed by atoms with Crippen molar-refractivity contribution < 1.29 is 19.0 Å². The first-order chi connectivity index (χ1) is 12.5. The number of ether oxygens (including phenoxy) is 3. The van der Waals surface area contributed by atoms with Gasteiger partial charge in [0.1, 0.15) is 12.4 Å². The highest BCUT2D eigenvalue weighted by Crippen LogP contribution is 2.33. The quantitative estimate of drug-likeness (QED) is 0.520. The maximum atomic E-state index is 12.3. The van der Waals surface area contributed by atoms with E-state index >= 15 is 0 Å². The molecule has 26 heavy (non-hydrogen) atoms. The summed E-state index contributed by atoms with van der Waals surface area (Å²) >= 11 is 12.1. The Bertz CT molecular complexity index is 793. The number of nitrogens with one attached hydrogen (secondary N) is 1. The van der Waals surface area contributed by atoms with E-state index in [0.717, 1.165) is 0 Å². The molecule has 2 aromatic rings. The van der Waals surface area contributed by atoms with Crippen LogP contribution in [0, 0.1) is 0 Å². The fraction of sp³-hybridized carbons (Fsp3) is 0.211. The molecule has 0 aliphatic carbocycles. The second-order valence-corrected chi connectivity index (χ2v) is 6.01. The first-order valence-electron chi connectivity index (χ1n) is 7.78. The molecule has 0 fully saturated rings. The van der Waals surface area contributed by atoms with Crippen LogP contribution in [-0.4, -0.2) is 33.3 Å². The highest BCUT2D eigenvalue weighted by molar-refractivity contribution is 6.32. The Balaban J connectivity index is 2.13. The molecule has 1 amide bonds. The van der Waals surface area contributed by atoms with Gasteiger partial charge in [-0.3, -0.25) is 4.79 Å². The zero-order valence-electron chi connectivity index (χ0n) is 14.4. The molecule has 0 saturated carbocycles. The molecule has 0 unspecified atom stereocenters. The van der Waals surface area contributed by atoms with E-state index in [9.17, 15) is 4.79 Å². The normalized spacial score (nSPS) is 10.8. The fourth-order valence-electron chi connectivity index (χ4n) is 2.16. The Morgan fingerprint density at radius 2 is 1.96 bits per heavy atom. The Kier molecular flexibility index (Phi) is 7.78.